The maximum Gasteiger partial charge on any atom is 0.123 e. The molecule has 2 aromatic carbocycles. The topological polar surface area (TPSA) is 61.0 Å². The van der Waals surface area contributed by atoms with Gasteiger partial charge in [-0.2, -0.15) is 5.26 Å². The number of fused-ring (bicyclic) bond motifs is 2. The molecule has 3 unspecified atom stereocenters. The van der Waals surface area contributed by atoms with Crippen LogP contribution in [0.4, 0.5) is 0 Å². The Balaban J connectivity index is 1.33. The highest BCUT2D eigenvalue weighted by molar-refractivity contribution is 9.10. The van der Waals surface area contributed by atoms with E-state index in [-0.39, 0.29) is 12.0 Å². The number of nitriles is 1. The SMILES string of the molecule is CS(C)(C)CCOCN1C=CC2C1=NC=NC2c1cccc(C2(C#N)Cc3ccc(Br)cc3C2)c1. The van der Waals surface area contributed by atoms with Gasteiger partial charge in [-0.1, -0.05) is 52.3 Å². The van der Waals surface area contributed by atoms with Crippen molar-refractivity contribution in [2.45, 2.75) is 24.3 Å². The summed E-state index contributed by atoms with van der Waals surface area (Å²) in [4.78, 5) is 11.4. The summed E-state index contributed by atoms with van der Waals surface area (Å²) in [7, 11) is -0.564. The molecule has 0 saturated heterocycles. The zero-order valence-electron chi connectivity index (χ0n) is 20.4. The van der Waals surface area contributed by atoms with Crippen LogP contribution in [0.3, 0.4) is 0 Å². The van der Waals surface area contributed by atoms with Crippen LogP contribution >= 0.6 is 26.0 Å². The smallest absolute Gasteiger partial charge is 0.123 e. The molecule has 35 heavy (non-hydrogen) atoms. The lowest BCUT2D eigenvalue weighted by molar-refractivity contribution is 0.0959. The second-order valence-corrected chi connectivity index (χ2v) is 16.0. The second-order valence-electron chi connectivity index (χ2n) is 10.5. The maximum atomic E-state index is 10.3. The van der Waals surface area contributed by atoms with Gasteiger partial charge in [-0.05, 0) is 66.0 Å². The van der Waals surface area contributed by atoms with Gasteiger partial charge in [-0.15, -0.1) is 0 Å². The first-order chi connectivity index (χ1) is 16.8. The lowest BCUT2D eigenvalue weighted by atomic mass is 9.77. The fourth-order valence-electron chi connectivity index (χ4n) is 5.10. The Morgan fingerprint density at radius 2 is 2.00 bits per heavy atom. The van der Waals surface area contributed by atoms with Gasteiger partial charge in [0.25, 0.3) is 0 Å². The van der Waals surface area contributed by atoms with Gasteiger partial charge in [0, 0.05) is 16.4 Å². The average molecular weight is 552 g/mol. The van der Waals surface area contributed by atoms with Crippen LogP contribution in [0.5, 0.6) is 0 Å². The summed E-state index contributed by atoms with van der Waals surface area (Å²) in [6.45, 7) is 1.27. The zero-order chi connectivity index (χ0) is 24.6. The van der Waals surface area contributed by atoms with E-state index >= 15 is 0 Å². The largest absolute Gasteiger partial charge is 0.360 e. The Kier molecular flexibility index (Phi) is 6.65. The van der Waals surface area contributed by atoms with Gasteiger partial charge in [-0.25, -0.2) is 15.0 Å². The number of nitrogens with zero attached hydrogens (tertiary/aromatic N) is 4. The van der Waals surface area contributed by atoms with Crippen molar-refractivity contribution in [2.24, 2.45) is 15.9 Å². The third-order valence-corrected chi connectivity index (χ3v) is 8.93. The van der Waals surface area contributed by atoms with Crippen LogP contribution in [0.1, 0.15) is 28.3 Å². The van der Waals surface area contributed by atoms with E-state index in [1.165, 1.54) is 11.1 Å². The summed E-state index contributed by atoms with van der Waals surface area (Å²) in [6.07, 6.45) is 14.3. The van der Waals surface area contributed by atoms with E-state index in [0.717, 1.165) is 46.6 Å². The van der Waals surface area contributed by atoms with E-state index in [0.29, 0.717) is 6.73 Å². The van der Waals surface area contributed by atoms with Gasteiger partial charge in [0.15, 0.2) is 0 Å². The van der Waals surface area contributed by atoms with Crippen LogP contribution in [0, 0.1) is 17.2 Å². The monoisotopic (exact) mass is 550 g/mol. The summed E-state index contributed by atoms with van der Waals surface area (Å²) < 4.78 is 7.03. The fraction of sp³-hybridized carbons (Fsp3) is 0.393. The second kappa shape index (κ2) is 9.57. The summed E-state index contributed by atoms with van der Waals surface area (Å²) in [5.74, 6) is 2.15. The maximum absolute atomic E-state index is 10.3. The number of aliphatic imine (C=N–C) groups is 2. The van der Waals surface area contributed by atoms with Crippen molar-refractivity contribution in [3.8, 4) is 6.07 Å². The molecule has 1 aliphatic carbocycles. The molecule has 2 heterocycles. The molecule has 7 heteroatoms. The number of hydrogen-bond acceptors (Lipinski definition) is 5. The molecule has 3 aliphatic rings. The molecule has 182 valence electrons. The molecule has 0 spiro atoms. The van der Waals surface area contributed by atoms with Crippen LogP contribution in [-0.4, -0.2) is 54.9 Å². The molecule has 3 atom stereocenters. The lowest BCUT2D eigenvalue weighted by Crippen LogP contribution is -2.33. The molecule has 0 aromatic heterocycles. The molecular formula is C28H31BrN4OS. The normalized spacial score (nSPS) is 25.2. The van der Waals surface area contributed by atoms with Gasteiger partial charge in [0.2, 0.25) is 0 Å². The van der Waals surface area contributed by atoms with E-state index in [1.807, 2.05) is 0 Å². The molecule has 0 N–H and O–H groups in total. The van der Waals surface area contributed by atoms with Crippen molar-refractivity contribution in [1.82, 2.24) is 4.90 Å². The molecule has 0 saturated carbocycles. The summed E-state index contributed by atoms with van der Waals surface area (Å²) in [6, 6.07) is 17.4. The highest BCUT2D eigenvalue weighted by Crippen LogP contribution is 2.42. The van der Waals surface area contributed by atoms with Crippen molar-refractivity contribution in [2.75, 3.05) is 37.9 Å². The van der Waals surface area contributed by atoms with Gasteiger partial charge < -0.3 is 9.64 Å². The Morgan fingerprint density at radius 1 is 1.17 bits per heavy atom. The minimum absolute atomic E-state index is 0.0589. The summed E-state index contributed by atoms with van der Waals surface area (Å²) in [5, 5.41) is 10.3. The summed E-state index contributed by atoms with van der Waals surface area (Å²) in [5.41, 5.74) is 4.14. The number of halogens is 1. The van der Waals surface area contributed by atoms with Crippen molar-refractivity contribution in [1.29, 1.82) is 5.26 Å². The number of rotatable bonds is 7. The van der Waals surface area contributed by atoms with E-state index in [9.17, 15) is 5.26 Å². The molecule has 2 aliphatic heterocycles. The predicted molar refractivity (Wildman–Crippen MR) is 149 cm³/mol. The lowest BCUT2D eigenvalue weighted by Gasteiger charge is -2.29. The molecule has 2 aromatic rings. The van der Waals surface area contributed by atoms with E-state index < -0.39 is 15.4 Å². The van der Waals surface area contributed by atoms with Crippen LogP contribution in [0.25, 0.3) is 0 Å². The van der Waals surface area contributed by atoms with Gasteiger partial charge in [0.05, 0.1) is 30.1 Å². The third kappa shape index (κ3) is 4.97. The predicted octanol–water partition coefficient (Wildman–Crippen LogP) is 5.60. The van der Waals surface area contributed by atoms with Crippen LogP contribution in [0.2, 0.25) is 0 Å². The standard InChI is InChI=1S/C28H31BrN4OS/c1-35(2,3)12-11-34-19-33-10-9-25-26(31-18-32-27(25)33)20-5-4-6-23(13-20)28(17-30)15-21-7-8-24(29)14-22(21)16-28/h4-10,13-14,18,25-26H,11-12,15-16,19H2,1-3H3. The number of benzene rings is 2. The molecule has 5 nitrogen and oxygen atoms in total. The van der Waals surface area contributed by atoms with Gasteiger partial charge in [-0.3, -0.25) is 4.99 Å². The molecule has 5 rings (SSSR count). The van der Waals surface area contributed by atoms with E-state index in [1.54, 1.807) is 6.34 Å². The molecule has 0 fully saturated rings. The van der Waals surface area contributed by atoms with Crippen molar-refractivity contribution >= 4 is 38.1 Å². The fourth-order valence-corrected chi connectivity index (χ4v) is 6.13. The molecule has 0 bridgehead atoms. The number of ether oxygens (including phenoxy) is 1. The Morgan fingerprint density at radius 3 is 2.80 bits per heavy atom. The first-order valence-electron chi connectivity index (χ1n) is 11.9. The quantitative estimate of drug-likeness (QED) is 0.421. The molecule has 0 amide bonds. The van der Waals surface area contributed by atoms with E-state index in [4.69, 9.17) is 9.73 Å². The third-order valence-electron chi connectivity index (χ3n) is 7.04. The highest BCUT2D eigenvalue weighted by Gasteiger charge is 2.40. The summed E-state index contributed by atoms with van der Waals surface area (Å²) >= 11 is 3.58. The first kappa shape index (κ1) is 24.3. The van der Waals surface area contributed by atoms with Gasteiger partial charge >= 0.3 is 0 Å². The number of hydrogen-bond donors (Lipinski definition) is 0. The Labute approximate surface area is 218 Å². The Hall–Kier alpha value is -2.40. The van der Waals surface area contributed by atoms with Crippen LogP contribution < -0.4 is 0 Å². The molecular weight excluding hydrogens is 520 g/mol. The van der Waals surface area contributed by atoms with Crippen molar-refractivity contribution < 1.29 is 4.74 Å². The minimum Gasteiger partial charge on any atom is -0.360 e. The molecule has 0 radical (unpaired) electrons. The highest BCUT2D eigenvalue weighted by atomic mass is 79.9. The minimum atomic E-state index is -0.564. The van der Waals surface area contributed by atoms with Crippen LogP contribution in [0.15, 0.2) is 69.2 Å². The van der Waals surface area contributed by atoms with E-state index in [2.05, 4.69) is 105 Å². The number of amidine groups is 1. The van der Waals surface area contributed by atoms with Gasteiger partial charge in [0.1, 0.15) is 18.9 Å². The first-order valence-corrected chi connectivity index (χ1v) is 15.7. The van der Waals surface area contributed by atoms with Crippen molar-refractivity contribution in [3.63, 3.8) is 0 Å². The zero-order valence-corrected chi connectivity index (χ0v) is 22.8. The van der Waals surface area contributed by atoms with Crippen molar-refractivity contribution in [3.05, 3.63) is 81.5 Å². The average Bonchev–Trinajstić information content (AvgIpc) is 3.43. The Bertz CT molecular complexity index is 1260. The van der Waals surface area contributed by atoms with Crippen LogP contribution in [-0.2, 0) is 23.0 Å².